The summed E-state index contributed by atoms with van der Waals surface area (Å²) in [6.07, 6.45) is 5.01. The Morgan fingerprint density at radius 2 is 0.944 bits per heavy atom. The largest absolute Gasteiger partial charge is 0.497 e. The summed E-state index contributed by atoms with van der Waals surface area (Å²) in [5.74, 6) is 1.45. The summed E-state index contributed by atoms with van der Waals surface area (Å²) in [6, 6.07) is 7.44. The van der Waals surface area contributed by atoms with Crippen molar-refractivity contribution in [2.75, 3.05) is 14.2 Å². The zero-order valence-electron chi connectivity index (χ0n) is 10.3. The summed E-state index contributed by atoms with van der Waals surface area (Å²) in [6.45, 7) is 0. The molecular formula is C14H14O4. The molecule has 0 fully saturated rings. The maximum atomic E-state index is 10.3. The molecular weight excluding hydrogens is 232 g/mol. The first-order chi connectivity index (χ1) is 8.65. The predicted octanol–water partition coefficient (Wildman–Crippen LogP) is 1.95. The van der Waals surface area contributed by atoms with Crippen LogP contribution in [0.4, 0.5) is 0 Å². The van der Waals surface area contributed by atoms with Crippen molar-refractivity contribution < 1.29 is 19.1 Å². The van der Waals surface area contributed by atoms with Crippen LogP contribution in [0.25, 0.3) is 0 Å². The second-order valence-corrected chi connectivity index (χ2v) is 3.35. The molecule has 0 aliphatic heterocycles. The Kier molecular flexibility index (Phi) is 5.38. The van der Waals surface area contributed by atoms with Gasteiger partial charge in [-0.15, -0.1) is 0 Å². The van der Waals surface area contributed by atoms with E-state index in [1.165, 1.54) is 24.3 Å². The molecule has 4 nitrogen and oxygen atoms in total. The van der Waals surface area contributed by atoms with Gasteiger partial charge in [-0.25, -0.2) is 0 Å². The minimum Gasteiger partial charge on any atom is -0.497 e. The van der Waals surface area contributed by atoms with E-state index in [-0.39, 0.29) is 11.6 Å². The first-order valence-corrected chi connectivity index (χ1v) is 5.28. The van der Waals surface area contributed by atoms with E-state index in [0.29, 0.717) is 0 Å². The number of ketones is 2. The Bertz CT molecular complexity index is 408. The van der Waals surface area contributed by atoms with Crippen molar-refractivity contribution in [1.29, 1.82) is 0 Å². The van der Waals surface area contributed by atoms with Gasteiger partial charge < -0.3 is 9.47 Å². The number of ether oxygens (including phenoxy) is 2. The smallest absolute Gasteiger partial charge is 0.178 e. The van der Waals surface area contributed by atoms with Crippen molar-refractivity contribution in [3.63, 3.8) is 0 Å². The summed E-state index contributed by atoms with van der Waals surface area (Å²) in [5, 5.41) is 0. The van der Waals surface area contributed by atoms with Crippen molar-refractivity contribution in [2.45, 2.75) is 0 Å². The molecule has 0 amide bonds. The third kappa shape index (κ3) is 4.65. The molecule has 0 unspecified atom stereocenters. The number of benzene rings is 1. The molecule has 0 bridgehead atoms. The number of carbonyl (C=O) groups excluding carboxylic acids is 2. The monoisotopic (exact) mass is 246 g/mol. The fourth-order valence-electron chi connectivity index (χ4n) is 1.15. The minimum absolute atomic E-state index is 0.121. The average molecular weight is 246 g/mol. The maximum Gasteiger partial charge on any atom is 0.178 e. The van der Waals surface area contributed by atoms with E-state index >= 15 is 0 Å². The Morgan fingerprint density at radius 1 is 0.667 bits per heavy atom. The van der Waals surface area contributed by atoms with Crippen molar-refractivity contribution in [1.82, 2.24) is 0 Å². The van der Waals surface area contributed by atoms with E-state index in [2.05, 4.69) is 0 Å². The lowest BCUT2D eigenvalue weighted by Gasteiger charge is -2.00. The first kappa shape index (κ1) is 13.7. The quantitative estimate of drug-likeness (QED) is 0.748. The first-order valence-electron chi connectivity index (χ1n) is 5.28. The van der Waals surface area contributed by atoms with Gasteiger partial charge >= 0.3 is 0 Å². The molecule has 1 aromatic carbocycles. The van der Waals surface area contributed by atoms with Gasteiger partial charge in [0.2, 0.25) is 0 Å². The van der Waals surface area contributed by atoms with Crippen molar-refractivity contribution in [3.05, 3.63) is 48.6 Å². The molecule has 0 saturated heterocycles. The Hall–Kier alpha value is -2.36. The molecule has 1 aliphatic rings. The molecule has 2 rings (SSSR count). The second kappa shape index (κ2) is 7.06. The van der Waals surface area contributed by atoms with E-state index in [4.69, 9.17) is 9.47 Å². The van der Waals surface area contributed by atoms with Gasteiger partial charge in [0.1, 0.15) is 11.5 Å². The van der Waals surface area contributed by atoms with Crippen LogP contribution in [-0.2, 0) is 9.59 Å². The van der Waals surface area contributed by atoms with Crippen LogP contribution in [0.5, 0.6) is 11.5 Å². The standard InChI is InChI=1S/C8H10O2.C6H4O2/c1-9-7-3-5-8(10-2)6-4-7;7-5-1-2-6(8)4-3-5/h3-6H,1-2H3;1-4H. The fraction of sp³-hybridized carbons (Fsp3) is 0.143. The summed E-state index contributed by atoms with van der Waals surface area (Å²) in [7, 11) is 3.28. The van der Waals surface area contributed by atoms with Crippen LogP contribution < -0.4 is 9.47 Å². The summed E-state index contributed by atoms with van der Waals surface area (Å²) < 4.78 is 9.92. The highest BCUT2D eigenvalue weighted by Crippen LogP contribution is 2.15. The molecule has 4 heteroatoms. The summed E-state index contributed by atoms with van der Waals surface area (Å²) in [5.41, 5.74) is 0. The van der Waals surface area contributed by atoms with Crippen LogP contribution in [0.3, 0.4) is 0 Å². The van der Waals surface area contributed by atoms with Crippen LogP contribution in [0, 0.1) is 0 Å². The van der Waals surface area contributed by atoms with Crippen LogP contribution >= 0.6 is 0 Å². The third-order valence-electron chi connectivity index (χ3n) is 2.12. The summed E-state index contributed by atoms with van der Waals surface area (Å²) in [4.78, 5) is 20.6. The van der Waals surface area contributed by atoms with E-state index in [0.717, 1.165) is 11.5 Å². The highest BCUT2D eigenvalue weighted by molar-refractivity contribution is 6.14. The Balaban J connectivity index is 0.000000184. The Morgan fingerprint density at radius 3 is 1.17 bits per heavy atom. The molecule has 0 saturated carbocycles. The number of rotatable bonds is 2. The highest BCUT2D eigenvalue weighted by atomic mass is 16.5. The predicted molar refractivity (Wildman–Crippen MR) is 67.8 cm³/mol. The topological polar surface area (TPSA) is 52.6 Å². The minimum atomic E-state index is -0.121. The van der Waals surface area contributed by atoms with Crippen LogP contribution in [0.2, 0.25) is 0 Å². The molecule has 0 heterocycles. The number of hydrogen-bond donors (Lipinski definition) is 0. The molecule has 94 valence electrons. The van der Waals surface area contributed by atoms with Gasteiger partial charge in [0.15, 0.2) is 11.6 Å². The lowest BCUT2D eigenvalue weighted by atomic mass is 10.2. The molecule has 1 aromatic rings. The zero-order chi connectivity index (χ0) is 13.4. The highest BCUT2D eigenvalue weighted by Gasteiger charge is 1.97. The normalized spacial score (nSPS) is 12.8. The van der Waals surface area contributed by atoms with Gasteiger partial charge in [0.25, 0.3) is 0 Å². The van der Waals surface area contributed by atoms with Crippen LogP contribution in [0.1, 0.15) is 0 Å². The van der Waals surface area contributed by atoms with Gasteiger partial charge in [-0.2, -0.15) is 0 Å². The molecule has 0 aromatic heterocycles. The van der Waals surface area contributed by atoms with Gasteiger partial charge in [0, 0.05) is 0 Å². The molecule has 1 aliphatic carbocycles. The van der Waals surface area contributed by atoms with Crippen molar-refractivity contribution >= 4 is 11.6 Å². The van der Waals surface area contributed by atoms with Crippen LogP contribution in [-0.4, -0.2) is 25.8 Å². The molecule has 0 radical (unpaired) electrons. The van der Waals surface area contributed by atoms with E-state index in [9.17, 15) is 9.59 Å². The summed E-state index contributed by atoms with van der Waals surface area (Å²) >= 11 is 0. The number of methoxy groups -OCH3 is 2. The number of hydrogen-bond acceptors (Lipinski definition) is 4. The fourth-order valence-corrected chi connectivity index (χ4v) is 1.15. The molecule has 0 spiro atoms. The van der Waals surface area contributed by atoms with E-state index < -0.39 is 0 Å². The average Bonchev–Trinajstić information content (AvgIpc) is 2.43. The number of carbonyl (C=O) groups is 2. The van der Waals surface area contributed by atoms with E-state index in [1.54, 1.807) is 14.2 Å². The van der Waals surface area contributed by atoms with E-state index in [1.807, 2.05) is 24.3 Å². The second-order valence-electron chi connectivity index (χ2n) is 3.35. The molecule has 18 heavy (non-hydrogen) atoms. The number of allylic oxidation sites excluding steroid dienone is 4. The van der Waals surface area contributed by atoms with Gasteiger partial charge in [0.05, 0.1) is 14.2 Å². The lowest BCUT2D eigenvalue weighted by Crippen LogP contribution is -1.97. The lowest BCUT2D eigenvalue weighted by molar-refractivity contribution is -0.113. The zero-order valence-corrected chi connectivity index (χ0v) is 10.3. The Labute approximate surface area is 106 Å². The van der Waals surface area contributed by atoms with Gasteiger partial charge in [-0.1, -0.05) is 0 Å². The maximum absolute atomic E-state index is 10.3. The van der Waals surface area contributed by atoms with Gasteiger partial charge in [-0.05, 0) is 48.6 Å². The third-order valence-corrected chi connectivity index (χ3v) is 2.12. The SMILES string of the molecule is COc1ccc(OC)cc1.O=C1C=CC(=O)C=C1. The van der Waals surface area contributed by atoms with Crippen LogP contribution in [0.15, 0.2) is 48.6 Å². The van der Waals surface area contributed by atoms with Crippen molar-refractivity contribution in [3.8, 4) is 11.5 Å². The molecule has 0 atom stereocenters. The van der Waals surface area contributed by atoms with Gasteiger partial charge in [-0.3, -0.25) is 9.59 Å². The molecule has 0 N–H and O–H groups in total. The van der Waals surface area contributed by atoms with Crippen molar-refractivity contribution in [2.24, 2.45) is 0 Å².